The maximum Gasteiger partial charge on any atom is 0.281 e. The van der Waals surface area contributed by atoms with Gasteiger partial charge in [-0.2, -0.15) is 5.10 Å². The molecule has 1 heterocycles. The third-order valence-corrected chi connectivity index (χ3v) is 4.55. The van der Waals surface area contributed by atoms with Gasteiger partial charge in [-0.15, -0.1) is 0 Å². The number of carbonyl (C=O) groups excluding carboxylic acids is 1. The maximum absolute atomic E-state index is 12.3. The minimum atomic E-state index is -0.487. The molecular formula is C20H16BrN3O6. The topological polar surface area (TPSA) is 116 Å². The Morgan fingerprint density at radius 2 is 1.97 bits per heavy atom. The summed E-state index contributed by atoms with van der Waals surface area (Å²) in [5.74, 6) is 1.02. The van der Waals surface area contributed by atoms with Gasteiger partial charge < -0.3 is 13.9 Å². The zero-order chi connectivity index (χ0) is 21.7. The van der Waals surface area contributed by atoms with Crippen molar-refractivity contribution >= 4 is 33.7 Å². The number of furan rings is 1. The number of ether oxygens (including phenoxy) is 2. The molecule has 0 aliphatic rings. The third-order valence-electron chi connectivity index (χ3n) is 4.06. The quantitative estimate of drug-likeness (QED) is 0.308. The number of nitrogens with one attached hydrogen (secondary N) is 1. The summed E-state index contributed by atoms with van der Waals surface area (Å²) in [6, 6.07) is 12.6. The molecule has 0 unspecified atom stereocenters. The molecule has 0 atom stereocenters. The Bertz CT molecular complexity index is 1130. The molecule has 0 saturated carbocycles. The van der Waals surface area contributed by atoms with Gasteiger partial charge in [-0.05, 0) is 36.4 Å². The molecule has 0 spiro atoms. The molecule has 30 heavy (non-hydrogen) atoms. The molecule has 10 heteroatoms. The number of hydrogen-bond donors (Lipinski definition) is 1. The van der Waals surface area contributed by atoms with Crippen LogP contribution in [0.25, 0.3) is 11.3 Å². The van der Waals surface area contributed by atoms with E-state index in [1.165, 1.54) is 26.5 Å². The number of nitro benzene ring substituents is 1. The lowest BCUT2D eigenvalue weighted by atomic mass is 10.1. The van der Waals surface area contributed by atoms with Gasteiger partial charge in [0.25, 0.3) is 11.6 Å². The summed E-state index contributed by atoms with van der Waals surface area (Å²) in [6.45, 7) is 0. The summed E-state index contributed by atoms with van der Waals surface area (Å²) in [5.41, 5.74) is 2.89. The molecule has 0 radical (unpaired) electrons. The third kappa shape index (κ3) is 4.66. The van der Waals surface area contributed by atoms with Crippen molar-refractivity contribution in [2.75, 3.05) is 14.2 Å². The first kappa shape index (κ1) is 21.1. The zero-order valence-corrected chi connectivity index (χ0v) is 17.5. The highest BCUT2D eigenvalue weighted by Gasteiger charge is 2.18. The smallest absolute Gasteiger partial charge is 0.281 e. The van der Waals surface area contributed by atoms with E-state index in [0.717, 1.165) is 0 Å². The first-order valence-electron chi connectivity index (χ1n) is 8.52. The number of nitro groups is 1. The van der Waals surface area contributed by atoms with Crippen molar-refractivity contribution < 1.29 is 23.6 Å². The normalized spacial score (nSPS) is 10.8. The second-order valence-corrected chi connectivity index (χ2v) is 6.80. The van der Waals surface area contributed by atoms with Crippen molar-refractivity contribution in [3.8, 4) is 22.8 Å². The maximum atomic E-state index is 12.3. The second-order valence-electron chi connectivity index (χ2n) is 5.89. The van der Waals surface area contributed by atoms with Gasteiger partial charge in [0.05, 0.1) is 36.5 Å². The average molecular weight is 474 g/mol. The number of hydrazone groups is 1. The van der Waals surface area contributed by atoms with Crippen molar-refractivity contribution in [3.05, 3.63) is 74.4 Å². The lowest BCUT2D eigenvalue weighted by molar-refractivity contribution is -0.384. The van der Waals surface area contributed by atoms with E-state index in [1.54, 1.807) is 42.5 Å². The van der Waals surface area contributed by atoms with Crippen molar-refractivity contribution in [1.29, 1.82) is 0 Å². The van der Waals surface area contributed by atoms with Crippen LogP contribution in [0.3, 0.4) is 0 Å². The van der Waals surface area contributed by atoms with E-state index in [-0.39, 0.29) is 11.3 Å². The summed E-state index contributed by atoms with van der Waals surface area (Å²) in [6.07, 6.45) is 1.29. The van der Waals surface area contributed by atoms with Crippen LogP contribution >= 0.6 is 15.9 Å². The number of amides is 1. The number of nitrogens with zero attached hydrogens (tertiary/aromatic N) is 2. The molecule has 154 valence electrons. The fourth-order valence-corrected chi connectivity index (χ4v) is 2.98. The Morgan fingerprint density at radius 1 is 1.17 bits per heavy atom. The number of rotatable bonds is 7. The molecule has 3 rings (SSSR count). The highest BCUT2D eigenvalue weighted by molar-refractivity contribution is 9.10. The molecule has 0 bridgehead atoms. The van der Waals surface area contributed by atoms with Crippen molar-refractivity contribution in [3.63, 3.8) is 0 Å². The molecule has 0 aliphatic heterocycles. The lowest BCUT2D eigenvalue weighted by Crippen LogP contribution is -2.18. The highest BCUT2D eigenvalue weighted by atomic mass is 79.9. The summed E-state index contributed by atoms with van der Waals surface area (Å²) in [7, 11) is 2.96. The lowest BCUT2D eigenvalue weighted by Gasteiger charge is -2.08. The summed E-state index contributed by atoms with van der Waals surface area (Å²) >= 11 is 3.22. The van der Waals surface area contributed by atoms with E-state index < -0.39 is 10.8 Å². The Hall–Kier alpha value is -3.66. The van der Waals surface area contributed by atoms with Crippen LogP contribution in [0.15, 0.2) is 62.5 Å². The Morgan fingerprint density at radius 3 is 2.67 bits per heavy atom. The van der Waals surface area contributed by atoms with Crippen LogP contribution in [0.2, 0.25) is 0 Å². The van der Waals surface area contributed by atoms with Gasteiger partial charge >= 0.3 is 0 Å². The van der Waals surface area contributed by atoms with Crippen LogP contribution in [0.5, 0.6) is 11.5 Å². The second kappa shape index (κ2) is 9.23. The Kier molecular flexibility index (Phi) is 6.48. The van der Waals surface area contributed by atoms with E-state index in [4.69, 9.17) is 13.9 Å². The summed E-state index contributed by atoms with van der Waals surface area (Å²) < 4.78 is 16.5. The van der Waals surface area contributed by atoms with Crippen molar-refractivity contribution in [2.45, 2.75) is 0 Å². The van der Waals surface area contributed by atoms with E-state index in [2.05, 4.69) is 26.5 Å². The van der Waals surface area contributed by atoms with Gasteiger partial charge in [0.1, 0.15) is 23.0 Å². The van der Waals surface area contributed by atoms with E-state index >= 15 is 0 Å². The first-order valence-corrected chi connectivity index (χ1v) is 9.32. The van der Waals surface area contributed by atoms with Crippen LogP contribution in [0.1, 0.15) is 16.1 Å². The SMILES string of the molecule is COc1ccc(C(=O)N/N=C\c2ccc(-c3ccc(Br)cc3[N+](=O)[O-])o2)c(OC)c1. The van der Waals surface area contributed by atoms with E-state index in [9.17, 15) is 14.9 Å². The summed E-state index contributed by atoms with van der Waals surface area (Å²) in [4.78, 5) is 23.1. The Labute approximate surface area is 179 Å². The molecule has 1 amide bonds. The highest BCUT2D eigenvalue weighted by Crippen LogP contribution is 2.33. The molecule has 1 N–H and O–H groups in total. The van der Waals surface area contributed by atoms with Gasteiger partial charge in [-0.25, -0.2) is 5.43 Å². The predicted molar refractivity (Wildman–Crippen MR) is 113 cm³/mol. The first-order chi connectivity index (χ1) is 14.4. The van der Waals surface area contributed by atoms with Gasteiger partial charge in [0.15, 0.2) is 0 Å². The number of methoxy groups -OCH3 is 2. The standard InChI is InChI=1S/C20H16BrN3O6/c1-28-13-4-7-16(19(10-13)29-2)20(25)23-22-11-14-5-8-18(30-14)15-6-3-12(21)9-17(15)24(26)27/h3-11H,1-2H3,(H,23,25)/b22-11-. The van der Waals surface area contributed by atoms with E-state index in [1.807, 2.05) is 0 Å². The van der Waals surface area contributed by atoms with Crippen LogP contribution in [0.4, 0.5) is 5.69 Å². The largest absolute Gasteiger partial charge is 0.497 e. The molecule has 0 fully saturated rings. The van der Waals surface area contributed by atoms with Crippen LogP contribution in [-0.4, -0.2) is 31.3 Å². The molecular weight excluding hydrogens is 458 g/mol. The number of carbonyl (C=O) groups is 1. The van der Waals surface area contributed by atoms with Gasteiger partial charge in [-0.1, -0.05) is 15.9 Å². The molecule has 2 aromatic carbocycles. The van der Waals surface area contributed by atoms with E-state index in [0.29, 0.717) is 33.1 Å². The molecule has 1 aromatic heterocycles. The van der Waals surface area contributed by atoms with Crippen LogP contribution < -0.4 is 14.9 Å². The summed E-state index contributed by atoms with van der Waals surface area (Å²) in [5, 5.41) is 15.1. The van der Waals surface area contributed by atoms with Gasteiger partial charge in [0, 0.05) is 16.6 Å². The monoisotopic (exact) mass is 473 g/mol. The fourth-order valence-electron chi connectivity index (χ4n) is 2.63. The van der Waals surface area contributed by atoms with Gasteiger partial charge in [0.2, 0.25) is 0 Å². The molecule has 0 aliphatic carbocycles. The minimum Gasteiger partial charge on any atom is -0.497 e. The molecule has 3 aromatic rings. The number of benzene rings is 2. The van der Waals surface area contributed by atoms with Crippen LogP contribution in [0, 0.1) is 10.1 Å². The predicted octanol–water partition coefficient (Wildman–Crippen LogP) is 4.40. The van der Waals surface area contributed by atoms with Crippen LogP contribution in [-0.2, 0) is 0 Å². The molecule has 9 nitrogen and oxygen atoms in total. The minimum absolute atomic E-state index is 0.0953. The number of hydrogen-bond acceptors (Lipinski definition) is 7. The van der Waals surface area contributed by atoms with Gasteiger partial charge in [-0.3, -0.25) is 14.9 Å². The molecule has 0 saturated heterocycles. The number of halogens is 1. The van der Waals surface area contributed by atoms with Crippen molar-refractivity contribution in [1.82, 2.24) is 5.43 Å². The zero-order valence-electron chi connectivity index (χ0n) is 15.9. The fraction of sp³-hybridized carbons (Fsp3) is 0.100. The Balaban J connectivity index is 1.74. The van der Waals surface area contributed by atoms with Crippen molar-refractivity contribution in [2.24, 2.45) is 5.10 Å². The average Bonchev–Trinajstić information content (AvgIpc) is 3.21.